The minimum Gasteiger partial charge on any atom is -0.477 e. The number of likely N-dealkylation sites (tertiary alicyclic amines) is 1. The molecule has 1 aromatic rings. The summed E-state index contributed by atoms with van der Waals surface area (Å²) in [6.07, 6.45) is 4.43. The molecule has 8 amide bonds. The van der Waals surface area contributed by atoms with Crippen molar-refractivity contribution in [3.63, 3.8) is 0 Å². The van der Waals surface area contributed by atoms with Crippen molar-refractivity contribution in [3.05, 3.63) is 47.2 Å². The van der Waals surface area contributed by atoms with Crippen LogP contribution >= 0.6 is 0 Å². The van der Waals surface area contributed by atoms with Gasteiger partial charge in [-0.05, 0) is 103 Å². The van der Waals surface area contributed by atoms with Gasteiger partial charge in [0.2, 0.25) is 41.4 Å². The number of carboxylic acid groups (broad SMARTS) is 1. The number of ketones is 1. The van der Waals surface area contributed by atoms with Crippen LogP contribution in [-0.2, 0) is 54.4 Å². The van der Waals surface area contributed by atoms with Crippen LogP contribution in [0, 0.1) is 6.92 Å². The van der Waals surface area contributed by atoms with E-state index >= 15 is 0 Å². The summed E-state index contributed by atoms with van der Waals surface area (Å²) >= 11 is 0. The van der Waals surface area contributed by atoms with Crippen molar-refractivity contribution in [2.45, 2.75) is 133 Å². The van der Waals surface area contributed by atoms with E-state index in [1.165, 1.54) is 17.9 Å². The van der Waals surface area contributed by atoms with Gasteiger partial charge in [0, 0.05) is 19.5 Å². The van der Waals surface area contributed by atoms with Crippen LogP contribution in [0.4, 0.5) is 0 Å². The third kappa shape index (κ3) is 22.4. The molecule has 0 bridgehead atoms. The standard InChI is InChI=1S/C47H78N16O11/c1-27-15-17-29(18-16-27)24-34(42(69)59-31(11-4-6-20-49)41(68)60-33(46(73)74)13-8-22-55-47(53)54)61-43(70)35-14-9-23-63(35)45(72)32(12-7-21-50)58-37(65)26-56-39(66)28(2)57-44(71)38(36(64)25-51)62-40(67)30(52)10-3-5-19-48/h13,15-18,28,30-32,34-35,38H,3-12,14,19-26,48-52H2,1-2H3,(H,56,66)(H,57,71)(H,58,65)(H,59,69)(H,60,68)(H,61,70)(H,62,67)(H,73,74)(H4,53,54,55)/b33-13-/t28?,30-,31-,32+,34-,35-,38-/m0/s1. The first-order valence-electron chi connectivity index (χ1n) is 24.7. The number of rotatable bonds is 34. The number of Topliss-reactive ketones (excluding diaryl/α,β-unsaturated/α-hetero) is 1. The Balaban J connectivity index is 2.25. The van der Waals surface area contributed by atoms with Crippen LogP contribution < -0.4 is 77.4 Å². The minimum absolute atomic E-state index is 0.0441. The zero-order chi connectivity index (χ0) is 55.3. The van der Waals surface area contributed by atoms with Gasteiger partial charge in [-0.1, -0.05) is 42.3 Å². The Morgan fingerprint density at radius 1 is 0.743 bits per heavy atom. The van der Waals surface area contributed by atoms with E-state index in [1.807, 2.05) is 19.1 Å². The van der Waals surface area contributed by atoms with Crippen molar-refractivity contribution >= 4 is 65.0 Å². The largest absolute Gasteiger partial charge is 0.477 e. The van der Waals surface area contributed by atoms with Gasteiger partial charge in [0.05, 0.1) is 19.1 Å². The maximum Gasteiger partial charge on any atom is 0.352 e. The van der Waals surface area contributed by atoms with Crippen LogP contribution in [-0.4, -0.2) is 163 Å². The van der Waals surface area contributed by atoms with Crippen molar-refractivity contribution in [3.8, 4) is 0 Å². The number of carboxylic acids is 1. The monoisotopic (exact) mass is 1040 g/mol. The van der Waals surface area contributed by atoms with E-state index in [4.69, 9.17) is 40.1 Å². The first-order chi connectivity index (χ1) is 35.2. The number of carbonyl (C=O) groups is 10. The first kappa shape index (κ1) is 63.0. The van der Waals surface area contributed by atoms with Gasteiger partial charge < -0.3 is 87.4 Å². The van der Waals surface area contributed by atoms with Crippen molar-refractivity contribution in [1.82, 2.24) is 42.1 Å². The van der Waals surface area contributed by atoms with Gasteiger partial charge in [0.1, 0.15) is 35.9 Å². The molecule has 1 aromatic carbocycles. The molecule has 74 heavy (non-hydrogen) atoms. The van der Waals surface area contributed by atoms with E-state index in [0.717, 1.165) is 5.56 Å². The average molecular weight is 1040 g/mol. The maximum atomic E-state index is 14.2. The lowest BCUT2D eigenvalue weighted by Gasteiger charge is -2.30. The number of aryl methyl sites for hydroxylation is 1. The Hall–Kier alpha value is -7.07. The number of aliphatic imine (C=N–C) groups is 1. The molecule has 0 spiro atoms. The smallest absolute Gasteiger partial charge is 0.352 e. The van der Waals surface area contributed by atoms with Gasteiger partial charge in [-0.15, -0.1) is 0 Å². The van der Waals surface area contributed by atoms with Gasteiger partial charge in [-0.25, -0.2) is 4.79 Å². The van der Waals surface area contributed by atoms with Crippen LogP contribution in [0.2, 0.25) is 0 Å². The zero-order valence-electron chi connectivity index (χ0n) is 42.3. The fourth-order valence-electron chi connectivity index (χ4n) is 7.59. The number of carbonyl (C=O) groups excluding carboxylic acids is 9. The summed E-state index contributed by atoms with van der Waals surface area (Å²) in [5, 5.41) is 27.1. The molecule has 27 nitrogen and oxygen atoms in total. The zero-order valence-corrected chi connectivity index (χ0v) is 42.3. The van der Waals surface area contributed by atoms with Gasteiger partial charge in [0.15, 0.2) is 17.8 Å². The highest BCUT2D eigenvalue weighted by Crippen LogP contribution is 2.21. The molecule has 1 aliphatic rings. The predicted octanol–water partition coefficient (Wildman–Crippen LogP) is -5.31. The second-order valence-corrected chi connectivity index (χ2v) is 17.8. The van der Waals surface area contributed by atoms with E-state index in [0.29, 0.717) is 44.2 Å². The molecule has 1 fully saturated rings. The first-order valence-corrected chi connectivity index (χ1v) is 24.7. The Labute approximate surface area is 430 Å². The number of nitrogens with zero attached hydrogens (tertiary/aromatic N) is 2. The van der Waals surface area contributed by atoms with Gasteiger partial charge in [-0.3, -0.25) is 48.1 Å². The lowest BCUT2D eigenvalue weighted by molar-refractivity contribution is -0.142. The summed E-state index contributed by atoms with van der Waals surface area (Å²) in [5.74, 6) is -8.94. The van der Waals surface area contributed by atoms with Crippen molar-refractivity contribution in [2.75, 3.05) is 45.8 Å². The molecule has 412 valence electrons. The van der Waals surface area contributed by atoms with Crippen LogP contribution in [0.5, 0.6) is 0 Å². The number of nitrogens with one attached hydrogen (secondary N) is 7. The fraction of sp³-hybridized carbons (Fsp3) is 0.596. The molecule has 2 rings (SSSR count). The SMILES string of the molecule is Cc1ccc(C[C@H](NC(=O)[C@@H]2CCCN2C(=O)[C@@H](CCCN)NC(=O)CNC(=O)C(C)NC(=O)[C@@H](NC(=O)[C@@H](N)CCCCN)C(=O)CN)C(=O)N[C@@H](CCCCN)C(=O)N/C(=C\CCN=C(N)N)C(=O)O)cc1. The minimum atomic E-state index is -1.75. The number of benzene rings is 1. The third-order valence-corrected chi connectivity index (χ3v) is 11.8. The molecule has 1 aliphatic heterocycles. The number of amides is 8. The molecule has 0 aliphatic carbocycles. The maximum absolute atomic E-state index is 14.2. The second kappa shape index (κ2) is 33.6. The molecule has 0 aromatic heterocycles. The number of hydrogen-bond acceptors (Lipinski definition) is 16. The van der Waals surface area contributed by atoms with Crippen molar-refractivity contribution in [2.24, 2.45) is 45.1 Å². The Morgan fingerprint density at radius 3 is 1.99 bits per heavy atom. The van der Waals surface area contributed by atoms with Crippen LogP contribution in [0.1, 0.15) is 88.7 Å². The summed E-state index contributed by atoms with van der Waals surface area (Å²) in [6.45, 7) is 2.83. The van der Waals surface area contributed by atoms with Crippen molar-refractivity contribution in [1.29, 1.82) is 0 Å². The quantitative estimate of drug-likeness (QED) is 0.0101. The van der Waals surface area contributed by atoms with Crippen LogP contribution in [0.25, 0.3) is 0 Å². The number of hydrogen-bond donors (Lipinski definition) is 15. The molecule has 7 atom stereocenters. The van der Waals surface area contributed by atoms with Gasteiger partial charge in [-0.2, -0.15) is 0 Å². The average Bonchev–Trinajstić information content (AvgIpc) is 3.87. The highest BCUT2D eigenvalue weighted by atomic mass is 16.4. The number of nitrogens with two attached hydrogens (primary N) is 7. The van der Waals surface area contributed by atoms with E-state index < -0.39 is 120 Å². The molecular formula is C47H78N16O11. The molecule has 1 heterocycles. The summed E-state index contributed by atoms with van der Waals surface area (Å²) in [6, 6.07) is -1.84. The fourth-order valence-corrected chi connectivity index (χ4v) is 7.59. The topological polar surface area (TPSA) is 473 Å². The predicted molar refractivity (Wildman–Crippen MR) is 273 cm³/mol. The normalized spacial score (nSPS) is 15.7. The van der Waals surface area contributed by atoms with E-state index in [1.54, 1.807) is 12.1 Å². The summed E-state index contributed by atoms with van der Waals surface area (Å²) < 4.78 is 0. The Bertz CT molecular complexity index is 2140. The second-order valence-electron chi connectivity index (χ2n) is 17.8. The Morgan fingerprint density at radius 2 is 1.38 bits per heavy atom. The molecule has 1 saturated heterocycles. The lowest BCUT2D eigenvalue weighted by Crippen LogP contribution is -2.59. The summed E-state index contributed by atoms with van der Waals surface area (Å²) in [5.41, 5.74) is 40.1. The highest BCUT2D eigenvalue weighted by Gasteiger charge is 2.39. The number of unbranched alkanes of at least 4 members (excludes halogenated alkanes) is 2. The van der Waals surface area contributed by atoms with E-state index in [2.05, 4.69) is 42.2 Å². The van der Waals surface area contributed by atoms with E-state index in [9.17, 15) is 53.1 Å². The van der Waals surface area contributed by atoms with Crippen LogP contribution in [0.3, 0.4) is 0 Å². The number of aliphatic carboxylic acids is 1. The summed E-state index contributed by atoms with van der Waals surface area (Å²) in [7, 11) is 0. The highest BCUT2D eigenvalue weighted by molar-refractivity contribution is 6.10. The molecule has 0 saturated carbocycles. The number of guanidine groups is 1. The van der Waals surface area contributed by atoms with E-state index in [-0.39, 0.29) is 77.1 Å². The van der Waals surface area contributed by atoms with Gasteiger partial charge >= 0.3 is 5.97 Å². The molecular weight excluding hydrogens is 965 g/mol. The molecule has 1 unspecified atom stereocenters. The van der Waals surface area contributed by atoms with Gasteiger partial charge in [0.25, 0.3) is 5.91 Å². The Kier molecular flexibility index (Phi) is 28.6. The molecule has 27 heteroatoms. The van der Waals surface area contributed by atoms with Crippen LogP contribution in [0.15, 0.2) is 41.0 Å². The summed E-state index contributed by atoms with van der Waals surface area (Å²) in [4.78, 5) is 138. The molecule has 22 N–H and O–H groups in total. The molecule has 0 radical (unpaired) electrons. The third-order valence-electron chi connectivity index (χ3n) is 11.8. The van der Waals surface area contributed by atoms with Crippen molar-refractivity contribution < 1.29 is 53.1 Å². The lowest BCUT2D eigenvalue weighted by atomic mass is 10.0.